The Bertz CT molecular complexity index is 434. The van der Waals surface area contributed by atoms with E-state index in [1.807, 2.05) is 0 Å². The van der Waals surface area contributed by atoms with Crippen molar-refractivity contribution in [2.75, 3.05) is 24.6 Å². The first-order valence-electron chi connectivity index (χ1n) is 5.78. The molecule has 0 unspecified atom stereocenters. The van der Waals surface area contributed by atoms with Crippen LogP contribution in [0, 0.1) is 0 Å². The van der Waals surface area contributed by atoms with E-state index in [9.17, 15) is 13.6 Å². The van der Waals surface area contributed by atoms with E-state index in [2.05, 4.69) is 4.98 Å². The first-order chi connectivity index (χ1) is 8.52. The topological polar surface area (TPSA) is 42.4 Å². The van der Waals surface area contributed by atoms with Crippen LogP contribution in [-0.2, 0) is 4.74 Å². The minimum Gasteiger partial charge on any atom is -0.462 e. The normalized spacial score (nSPS) is 17.8. The molecule has 0 N–H and O–H groups in total. The molecule has 0 spiro atoms. The van der Waals surface area contributed by atoms with Crippen molar-refractivity contribution in [1.29, 1.82) is 0 Å². The highest BCUT2D eigenvalue weighted by molar-refractivity contribution is 5.89. The average molecular weight is 256 g/mol. The van der Waals surface area contributed by atoms with Crippen molar-refractivity contribution in [2.45, 2.75) is 19.3 Å². The van der Waals surface area contributed by atoms with E-state index in [1.54, 1.807) is 13.0 Å². The zero-order valence-corrected chi connectivity index (χ0v) is 10.0. The summed E-state index contributed by atoms with van der Waals surface area (Å²) in [5.41, 5.74) is 0.326. The summed E-state index contributed by atoms with van der Waals surface area (Å²) in [6.07, 6.45) is 1.19. The predicted molar refractivity (Wildman–Crippen MR) is 62.0 cm³/mol. The molecule has 1 aromatic heterocycles. The number of pyridine rings is 1. The second kappa shape index (κ2) is 4.88. The van der Waals surface area contributed by atoms with Gasteiger partial charge in [0, 0.05) is 19.2 Å². The molecule has 0 atom stereocenters. The van der Waals surface area contributed by atoms with Crippen molar-refractivity contribution in [1.82, 2.24) is 4.98 Å². The van der Waals surface area contributed by atoms with Gasteiger partial charge in [-0.25, -0.2) is 18.6 Å². The molecule has 98 valence electrons. The number of anilines is 1. The molecular formula is C12H14F2N2O2. The largest absolute Gasteiger partial charge is 0.462 e. The minimum atomic E-state index is -2.65. The molecule has 18 heavy (non-hydrogen) atoms. The third-order valence-corrected chi connectivity index (χ3v) is 2.75. The first-order valence-corrected chi connectivity index (χ1v) is 5.78. The Morgan fingerprint density at radius 2 is 2.33 bits per heavy atom. The van der Waals surface area contributed by atoms with Crippen LogP contribution >= 0.6 is 0 Å². The number of hydrogen-bond acceptors (Lipinski definition) is 4. The van der Waals surface area contributed by atoms with Gasteiger partial charge in [0.1, 0.15) is 5.82 Å². The van der Waals surface area contributed by atoms with E-state index < -0.39 is 11.9 Å². The lowest BCUT2D eigenvalue weighted by atomic mass is 10.3. The van der Waals surface area contributed by atoms with Gasteiger partial charge in [-0.15, -0.1) is 0 Å². The van der Waals surface area contributed by atoms with Gasteiger partial charge in [0.15, 0.2) is 0 Å². The van der Waals surface area contributed by atoms with E-state index in [-0.39, 0.29) is 19.5 Å². The van der Waals surface area contributed by atoms with E-state index in [0.717, 1.165) is 0 Å². The molecular weight excluding hydrogens is 242 g/mol. The summed E-state index contributed by atoms with van der Waals surface area (Å²) in [4.78, 5) is 16.9. The van der Waals surface area contributed by atoms with Gasteiger partial charge in [-0.1, -0.05) is 0 Å². The van der Waals surface area contributed by atoms with Crippen molar-refractivity contribution in [2.24, 2.45) is 0 Å². The Morgan fingerprint density at radius 3 is 2.83 bits per heavy atom. The fourth-order valence-corrected chi connectivity index (χ4v) is 1.84. The van der Waals surface area contributed by atoms with Crippen LogP contribution in [0.15, 0.2) is 18.3 Å². The van der Waals surface area contributed by atoms with Crippen LogP contribution in [0.4, 0.5) is 14.6 Å². The molecule has 4 nitrogen and oxygen atoms in total. The molecule has 2 rings (SSSR count). The molecule has 1 aromatic rings. The lowest BCUT2D eigenvalue weighted by Gasteiger charge is -2.16. The highest BCUT2D eigenvalue weighted by atomic mass is 19.3. The van der Waals surface area contributed by atoms with Gasteiger partial charge in [-0.2, -0.15) is 0 Å². The van der Waals surface area contributed by atoms with E-state index in [4.69, 9.17) is 4.74 Å². The van der Waals surface area contributed by atoms with E-state index in [0.29, 0.717) is 18.0 Å². The molecule has 6 heteroatoms. The van der Waals surface area contributed by atoms with Crippen molar-refractivity contribution in [3.8, 4) is 0 Å². The van der Waals surface area contributed by atoms with Crippen molar-refractivity contribution in [3.63, 3.8) is 0 Å². The number of rotatable bonds is 3. The molecule has 2 heterocycles. The number of ether oxygens (including phenoxy) is 1. The Labute approximate surface area is 104 Å². The molecule has 1 saturated heterocycles. The number of carbonyl (C=O) groups is 1. The van der Waals surface area contributed by atoms with Crippen LogP contribution in [0.1, 0.15) is 23.7 Å². The molecule has 0 radical (unpaired) electrons. The molecule has 0 aliphatic carbocycles. The average Bonchev–Trinajstić information content (AvgIpc) is 2.70. The zero-order chi connectivity index (χ0) is 13.2. The number of hydrogen-bond donors (Lipinski definition) is 0. The molecule has 0 aromatic carbocycles. The van der Waals surface area contributed by atoms with E-state index >= 15 is 0 Å². The van der Waals surface area contributed by atoms with Crippen LogP contribution in [-0.4, -0.2) is 36.6 Å². The third kappa shape index (κ3) is 2.75. The quantitative estimate of drug-likeness (QED) is 0.777. The fraction of sp³-hybridized carbons (Fsp3) is 0.500. The van der Waals surface area contributed by atoms with Crippen molar-refractivity contribution >= 4 is 11.8 Å². The van der Waals surface area contributed by atoms with Crippen LogP contribution in [0.3, 0.4) is 0 Å². The standard InChI is InChI=1S/C12H14F2N2O2/c1-2-18-11(17)9-3-4-10(15-7-9)16-6-5-12(13,14)8-16/h3-4,7H,2,5-6,8H2,1H3. The summed E-state index contributed by atoms with van der Waals surface area (Å²) >= 11 is 0. The van der Waals surface area contributed by atoms with Crippen LogP contribution in [0.2, 0.25) is 0 Å². The third-order valence-electron chi connectivity index (χ3n) is 2.75. The Morgan fingerprint density at radius 1 is 1.56 bits per heavy atom. The van der Waals surface area contributed by atoms with Crippen molar-refractivity contribution in [3.05, 3.63) is 23.9 Å². The van der Waals surface area contributed by atoms with Crippen molar-refractivity contribution < 1.29 is 18.3 Å². The Hall–Kier alpha value is -1.72. The number of alkyl halides is 2. The molecule has 0 bridgehead atoms. The van der Waals surface area contributed by atoms with Gasteiger partial charge in [0.25, 0.3) is 5.92 Å². The maximum Gasteiger partial charge on any atom is 0.339 e. The number of nitrogens with zero attached hydrogens (tertiary/aromatic N) is 2. The SMILES string of the molecule is CCOC(=O)c1ccc(N2CCC(F)(F)C2)nc1. The van der Waals surface area contributed by atoms with Crippen LogP contribution < -0.4 is 4.90 Å². The highest BCUT2D eigenvalue weighted by Gasteiger charge is 2.38. The molecule has 0 amide bonds. The predicted octanol–water partition coefficient (Wildman–Crippen LogP) is 2.10. The highest BCUT2D eigenvalue weighted by Crippen LogP contribution is 2.29. The lowest BCUT2D eigenvalue weighted by molar-refractivity contribution is 0.0256. The molecule has 1 fully saturated rings. The Kier molecular flexibility index (Phi) is 3.45. The fourth-order valence-electron chi connectivity index (χ4n) is 1.84. The van der Waals surface area contributed by atoms with Gasteiger partial charge in [-0.05, 0) is 19.1 Å². The summed E-state index contributed by atoms with van der Waals surface area (Å²) in [5, 5.41) is 0. The van der Waals surface area contributed by atoms with Gasteiger partial charge in [0.05, 0.1) is 18.7 Å². The minimum absolute atomic E-state index is 0.158. The van der Waals surface area contributed by atoms with Crippen LogP contribution in [0.25, 0.3) is 0 Å². The van der Waals surface area contributed by atoms with Gasteiger partial charge in [0.2, 0.25) is 0 Å². The van der Waals surface area contributed by atoms with Crippen LogP contribution in [0.5, 0.6) is 0 Å². The van der Waals surface area contributed by atoms with E-state index in [1.165, 1.54) is 17.2 Å². The molecule has 1 aliphatic heterocycles. The second-order valence-electron chi connectivity index (χ2n) is 4.15. The molecule has 1 aliphatic rings. The maximum atomic E-state index is 13.0. The maximum absolute atomic E-state index is 13.0. The number of halogens is 2. The number of carbonyl (C=O) groups excluding carboxylic acids is 1. The molecule has 0 saturated carbocycles. The Balaban J connectivity index is 2.06. The van der Waals surface area contributed by atoms with Gasteiger partial charge >= 0.3 is 5.97 Å². The second-order valence-corrected chi connectivity index (χ2v) is 4.15. The first kappa shape index (κ1) is 12.7. The summed E-state index contributed by atoms with van der Waals surface area (Å²) < 4.78 is 30.9. The smallest absolute Gasteiger partial charge is 0.339 e. The summed E-state index contributed by atoms with van der Waals surface area (Å²) in [6, 6.07) is 3.10. The van der Waals surface area contributed by atoms with Gasteiger partial charge in [-0.3, -0.25) is 0 Å². The monoisotopic (exact) mass is 256 g/mol. The van der Waals surface area contributed by atoms with Gasteiger partial charge < -0.3 is 9.64 Å². The number of esters is 1. The zero-order valence-electron chi connectivity index (χ0n) is 10.0. The summed E-state index contributed by atoms with van der Waals surface area (Å²) in [7, 11) is 0. The number of aromatic nitrogens is 1. The summed E-state index contributed by atoms with van der Waals surface area (Å²) in [6.45, 7) is 1.96. The lowest BCUT2D eigenvalue weighted by Crippen LogP contribution is -2.25. The summed E-state index contributed by atoms with van der Waals surface area (Å²) in [5.74, 6) is -2.65.